The Bertz CT molecular complexity index is 459. The van der Waals surface area contributed by atoms with Gasteiger partial charge in [0.2, 0.25) is 0 Å². The molecule has 0 N–H and O–H groups in total. The van der Waals surface area contributed by atoms with Gasteiger partial charge in [0.1, 0.15) is 6.54 Å². The van der Waals surface area contributed by atoms with Crippen LogP contribution in [0.5, 0.6) is 0 Å². The number of hydrogen-bond donors (Lipinski definition) is 0. The Labute approximate surface area is 101 Å². The zero-order valence-electron chi connectivity index (χ0n) is 10.2. The van der Waals surface area contributed by atoms with Crippen molar-refractivity contribution >= 4 is 5.78 Å². The van der Waals surface area contributed by atoms with Crippen LogP contribution in [0.15, 0.2) is 17.1 Å². The molecule has 1 aliphatic rings. The molecule has 0 saturated heterocycles. The second-order valence-corrected chi connectivity index (χ2v) is 4.83. The molecule has 0 aliphatic heterocycles. The first-order valence-electron chi connectivity index (χ1n) is 6.23. The number of Topliss-reactive ketones (excluding diaryl/α,β-unsaturated/α-hetero) is 1. The smallest absolute Gasteiger partial charge is 0.267 e. The van der Waals surface area contributed by atoms with E-state index in [1.165, 1.54) is 17.2 Å². The third-order valence-corrected chi connectivity index (χ3v) is 3.37. The van der Waals surface area contributed by atoms with Crippen molar-refractivity contribution in [3.05, 3.63) is 28.2 Å². The van der Waals surface area contributed by atoms with Gasteiger partial charge >= 0.3 is 0 Å². The van der Waals surface area contributed by atoms with Crippen LogP contribution in [-0.2, 0) is 11.3 Å². The Morgan fingerprint density at radius 2 is 2.12 bits per heavy atom. The molecule has 0 atom stereocenters. The van der Waals surface area contributed by atoms with Gasteiger partial charge in [0.25, 0.3) is 5.56 Å². The fourth-order valence-electron chi connectivity index (χ4n) is 2.34. The minimum absolute atomic E-state index is 0.129. The molecule has 2 rings (SSSR count). The summed E-state index contributed by atoms with van der Waals surface area (Å²) < 4.78 is 1.27. The summed E-state index contributed by atoms with van der Waals surface area (Å²) in [5, 5.41) is 4.00. The molecule has 0 unspecified atom stereocenters. The van der Waals surface area contributed by atoms with Gasteiger partial charge in [-0.25, -0.2) is 4.68 Å². The first kappa shape index (κ1) is 12.0. The Hall–Kier alpha value is -1.45. The summed E-state index contributed by atoms with van der Waals surface area (Å²) >= 11 is 0. The lowest BCUT2D eigenvalue weighted by Gasteiger charge is -2.20. The van der Waals surface area contributed by atoms with Crippen LogP contribution >= 0.6 is 0 Å². The molecule has 0 radical (unpaired) electrons. The van der Waals surface area contributed by atoms with E-state index in [0.29, 0.717) is 0 Å². The monoisotopic (exact) mass is 234 g/mol. The molecule has 1 fully saturated rings. The molecule has 0 amide bonds. The van der Waals surface area contributed by atoms with Gasteiger partial charge in [-0.2, -0.15) is 5.10 Å². The summed E-state index contributed by atoms with van der Waals surface area (Å²) in [6, 6.07) is 1.52. The van der Waals surface area contributed by atoms with E-state index in [4.69, 9.17) is 0 Å². The quantitative estimate of drug-likeness (QED) is 0.800. The second kappa shape index (κ2) is 5.25. The maximum Gasteiger partial charge on any atom is 0.267 e. The maximum absolute atomic E-state index is 12.0. The van der Waals surface area contributed by atoms with Crippen LogP contribution in [0.4, 0.5) is 0 Å². The number of carbonyl (C=O) groups is 1. The zero-order valence-corrected chi connectivity index (χ0v) is 10.2. The summed E-state index contributed by atoms with van der Waals surface area (Å²) in [7, 11) is 0. The van der Waals surface area contributed by atoms with E-state index < -0.39 is 0 Å². The van der Waals surface area contributed by atoms with E-state index in [0.717, 1.165) is 31.2 Å². The molecule has 0 spiro atoms. The third kappa shape index (κ3) is 3.02. The van der Waals surface area contributed by atoms with Gasteiger partial charge < -0.3 is 0 Å². The molecule has 1 aliphatic carbocycles. The normalized spacial score (nSPS) is 17.0. The third-order valence-electron chi connectivity index (χ3n) is 3.37. The molecule has 0 aromatic carbocycles. The van der Waals surface area contributed by atoms with Crippen molar-refractivity contribution in [2.24, 2.45) is 5.92 Å². The first-order valence-corrected chi connectivity index (χ1v) is 6.23. The molecule has 1 aromatic rings. The minimum atomic E-state index is -0.186. The maximum atomic E-state index is 12.0. The van der Waals surface area contributed by atoms with Crippen LogP contribution in [0.25, 0.3) is 0 Å². The van der Waals surface area contributed by atoms with Crippen LogP contribution in [0.1, 0.15) is 37.7 Å². The molecular formula is C13H18N2O2. The number of ketones is 1. The van der Waals surface area contributed by atoms with Crippen LogP contribution in [0.3, 0.4) is 0 Å². The summed E-state index contributed by atoms with van der Waals surface area (Å²) in [5.74, 6) is 0.293. The van der Waals surface area contributed by atoms with Crippen LogP contribution in [-0.4, -0.2) is 15.6 Å². The standard InChI is InChI=1S/C13H18N2O2/c1-10-7-13(17)15(14-8-10)9-12(16)11-5-3-2-4-6-11/h7-8,11H,2-6,9H2,1H3. The lowest BCUT2D eigenvalue weighted by atomic mass is 9.86. The van der Waals surface area contributed by atoms with E-state index >= 15 is 0 Å². The highest BCUT2D eigenvalue weighted by Gasteiger charge is 2.21. The van der Waals surface area contributed by atoms with Crippen LogP contribution < -0.4 is 5.56 Å². The van der Waals surface area contributed by atoms with Gasteiger partial charge in [0, 0.05) is 12.0 Å². The number of nitrogens with zero attached hydrogens (tertiary/aromatic N) is 2. The predicted octanol–water partition coefficient (Wildman–Crippen LogP) is 1.70. The van der Waals surface area contributed by atoms with Gasteiger partial charge in [-0.15, -0.1) is 0 Å². The molecule has 1 heterocycles. The Morgan fingerprint density at radius 3 is 2.76 bits per heavy atom. The van der Waals surface area contributed by atoms with E-state index in [-0.39, 0.29) is 23.8 Å². The summed E-state index contributed by atoms with van der Waals surface area (Å²) in [4.78, 5) is 23.6. The van der Waals surface area contributed by atoms with Crippen molar-refractivity contribution in [3.63, 3.8) is 0 Å². The SMILES string of the molecule is Cc1cnn(CC(=O)C2CCCCC2)c(=O)c1. The molecule has 0 bridgehead atoms. The van der Waals surface area contributed by atoms with E-state index in [1.807, 2.05) is 6.92 Å². The Kier molecular flexibility index (Phi) is 3.71. The number of aryl methyl sites for hydroxylation is 1. The van der Waals surface area contributed by atoms with Crippen LogP contribution in [0, 0.1) is 12.8 Å². The van der Waals surface area contributed by atoms with Gasteiger partial charge in [0.15, 0.2) is 5.78 Å². The fraction of sp³-hybridized carbons (Fsp3) is 0.615. The van der Waals surface area contributed by atoms with Crippen molar-refractivity contribution in [1.29, 1.82) is 0 Å². The lowest BCUT2D eigenvalue weighted by Crippen LogP contribution is -2.30. The second-order valence-electron chi connectivity index (χ2n) is 4.83. The van der Waals surface area contributed by atoms with Gasteiger partial charge in [-0.05, 0) is 25.3 Å². The Balaban J connectivity index is 2.04. The molecular weight excluding hydrogens is 216 g/mol. The van der Waals surface area contributed by atoms with Crippen molar-refractivity contribution < 1.29 is 4.79 Å². The van der Waals surface area contributed by atoms with E-state index in [9.17, 15) is 9.59 Å². The van der Waals surface area contributed by atoms with Crippen molar-refractivity contribution in [2.75, 3.05) is 0 Å². The summed E-state index contributed by atoms with van der Waals surface area (Å²) in [5.41, 5.74) is 0.644. The van der Waals surface area contributed by atoms with E-state index in [2.05, 4.69) is 5.10 Å². The molecule has 17 heavy (non-hydrogen) atoms. The van der Waals surface area contributed by atoms with Gasteiger partial charge in [0.05, 0.1) is 6.20 Å². The zero-order chi connectivity index (χ0) is 12.3. The van der Waals surface area contributed by atoms with Gasteiger partial charge in [-0.3, -0.25) is 9.59 Å². The van der Waals surface area contributed by atoms with Crippen molar-refractivity contribution in [2.45, 2.75) is 45.6 Å². The number of hydrogen-bond acceptors (Lipinski definition) is 3. The summed E-state index contributed by atoms with van der Waals surface area (Å²) in [6.45, 7) is 1.95. The molecule has 4 heteroatoms. The van der Waals surface area contributed by atoms with Crippen LogP contribution in [0.2, 0.25) is 0 Å². The lowest BCUT2D eigenvalue weighted by molar-refractivity contribution is -0.124. The highest BCUT2D eigenvalue weighted by atomic mass is 16.1. The van der Waals surface area contributed by atoms with E-state index in [1.54, 1.807) is 6.20 Å². The highest BCUT2D eigenvalue weighted by Crippen LogP contribution is 2.24. The Morgan fingerprint density at radius 1 is 1.41 bits per heavy atom. The summed E-state index contributed by atoms with van der Waals surface area (Å²) in [6.07, 6.45) is 7.06. The highest BCUT2D eigenvalue weighted by molar-refractivity contribution is 5.80. The minimum Gasteiger partial charge on any atom is -0.297 e. The average molecular weight is 234 g/mol. The number of rotatable bonds is 3. The predicted molar refractivity (Wildman–Crippen MR) is 64.8 cm³/mol. The van der Waals surface area contributed by atoms with Crippen molar-refractivity contribution in [3.8, 4) is 0 Å². The first-order chi connectivity index (χ1) is 8.16. The molecule has 1 saturated carbocycles. The molecule has 92 valence electrons. The molecule has 1 aromatic heterocycles. The van der Waals surface area contributed by atoms with Crippen molar-refractivity contribution in [1.82, 2.24) is 9.78 Å². The topological polar surface area (TPSA) is 52.0 Å². The van der Waals surface area contributed by atoms with Gasteiger partial charge in [-0.1, -0.05) is 19.3 Å². The average Bonchev–Trinajstić information content (AvgIpc) is 2.34. The number of aromatic nitrogens is 2. The number of carbonyl (C=O) groups excluding carboxylic acids is 1. The fourth-order valence-corrected chi connectivity index (χ4v) is 2.34. The molecule has 4 nitrogen and oxygen atoms in total. The largest absolute Gasteiger partial charge is 0.297 e.